The Morgan fingerprint density at radius 2 is 2.24 bits per heavy atom. The van der Waals surface area contributed by atoms with Crippen LogP contribution in [0.2, 0.25) is 0 Å². The average molecular weight is 334 g/mol. The fraction of sp³-hybridized carbons (Fsp3) is 0.571. The second kappa shape index (κ2) is 6.96. The quantitative estimate of drug-likeness (QED) is 0.775. The van der Waals surface area contributed by atoms with Gasteiger partial charge in [-0.3, -0.25) is 0 Å². The number of alkyl halides is 1. The first kappa shape index (κ1) is 16.5. The van der Waals surface area contributed by atoms with Gasteiger partial charge >= 0.3 is 0 Å². The zero-order valence-corrected chi connectivity index (χ0v) is 13.8. The highest BCUT2D eigenvalue weighted by Gasteiger charge is 2.32. The molecule has 0 aliphatic carbocycles. The molecule has 7 heteroatoms. The zero-order valence-electron chi connectivity index (χ0n) is 12.2. The van der Waals surface area contributed by atoms with Gasteiger partial charge in [0.2, 0.25) is 10.0 Å². The Morgan fingerprint density at radius 3 is 2.86 bits per heavy atom. The van der Waals surface area contributed by atoms with Crippen LogP contribution in [0.25, 0.3) is 0 Å². The van der Waals surface area contributed by atoms with Crippen LogP contribution in [0.1, 0.15) is 18.9 Å². The Hall–Kier alpha value is -0.820. The minimum atomic E-state index is -3.59. The molecule has 0 N–H and O–H groups in total. The lowest BCUT2D eigenvalue weighted by atomic mass is 10.2. The second-order valence-electron chi connectivity index (χ2n) is 4.88. The predicted octanol–water partition coefficient (Wildman–Crippen LogP) is 2.23. The number of hydrogen-bond acceptors (Lipinski definition) is 4. The summed E-state index contributed by atoms with van der Waals surface area (Å²) in [4.78, 5) is 0.176. The third-order valence-corrected chi connectivity index (χ3v) is 5.77. The van der Waals surface area contributed by atoms with Crippen LogP contribution in [0.15, 0.2) is 23.1 Å². The Balaban J connectivity index is 2.35. The molecule has 5 nitrogen and oxygen atoms in total. The van der Waals surface area contributed by atoms with Crippen LogP contribution >= 0.6 is 11.6 Å². The highest BCUT2D eigenvalue weighted by molar-refractivity contribution is 7.89. The molecule has 0 radical (unpaired) electrons. The average Bonchev–Trinajstić information content (AvgIpc) is 2.54. The summed E-state index contributed by atoms with van der Waals surface area (Å²) in [7, 11) is -2.13. The van der Waals surface area contributed by atoms with Crippen molar-refractivity contribution in [2.45, 2.75) is 30.2 Å². The van der Waals surface area contributed by atoms with Crippen LogP contribution in [0.5, 0.6) is 5.75 Å². The number of halogens is 1. The van der Waals surface area contributed by atoms with E-state index in [0.29, 0.717) is 31.3 Å². The van der Waals surface area contributed by atoms with Gasteiger partial charge in [-0.1, -0.05) is 13.0 Å². The van der Waals surface area contributed by atoms with Crippen molar-refractivity contribution < 1.29 is 17.9 Å². The molecule has 2 rings (SSSR count). The molecule has 1 aliphatic heterocycles. The van der Waals surface area contributed by atoms with Crippen LogP contribution < -0.4 is 4.74 Å². The standard InChI is InChI=1S/C14H20ClNO4S/c1-3-12-10-16(6-7-20-12)21(17,18)14-5-4-11(9-15)8-13(14)19-2/h4-5,8,12H,3,6-7,9-10H2,1-2H3. The zero-order chi connectivity index (χ0) is 15.5. The van der Waals surface area contributed by atoms with Crippen molar-refractivity contribution in [1.82, 2.24) is 4.31 Å². The van der Waals surface area contributed by atoms with Crippen LogP contribution in [0, 0.1) is 0 Å². The van der Waals surface area contributed by atoms with E-state index in [1.165, 1.54) is 11.4 Å². The van der Waals surface area contributed by atoms with Crippen molar-refractivity contribution >= 4 is 21.6 Å². The van der Waals surface area contributed by atoms with Gasteiger partial charge in [-0.15, -0.1) is 11.6 Å². The van der Waals surface area contributed by atoms with Gasteiger partial charge in [0.25, 0.3) is 0 Å². The van der Waals surface area contributed by atoms with Crippen molar-refractivity contribution in [3.8, 4) is 5.75 Å². The molecule has 0 bridgehead atoms. The second-order valence-corrected chi connectivity index (χ2v) is 7.06. The van der Waals surface area contributed by atoms with Crippen molar-refractivity contribution in [3.63, 3.8) is 0 Å². The summed E-state index contributed by atoms with van der Waals surface area (Å²) < 4.78 is 37.8. The number of sulfonamides is 1. The lowest BCUT2D eigenvalue weighted by Gasteiger charge is -2.32. The summed E-state index contributed by atoms with van der Waals surface area (Å²) in [5, 5.41) is 0. The minimum absolute atomic E-state index is 0.0540. The topological polar surface area (TPSA) is 55.8 Å². The van der Waals surface area contributed by atoms with Crippen LogP contribution in [0.4, 0.5) is 0 Å². The summed E-state index contributed by atoms with van der Waals surface area (Å²) in [6, 6.07) is 4.93. The maximum absolute atomic E-state index is 12.8. The molecule has 0 saturated carbocycles. The molecule has 1 unspecified atom stereocenters. The summed E-state index contributed by atoms with van der Waals surface area (Å²) in [6.45, 7) is 3.13. The molecule has 0 spiro atoms. The summed E-state index contributed by atoms with van der Waals surface area (Å²) in [6.07, 6.45) is 0.732. The van der Waals surface area contributed by atoms with E-state index in [9.17, 15) is 8.42 Å². The summed E-state index contributed by atoms with van der Waals surface area (Å²) in [5.74, 6) is 0.638. The van der Waals surface area contributed by atoms with E-state index in [-0.39, 0.29) is 11.0 Å². The number of ether oxygens (including phenoxy) is 2. The molecule has 1 heterocycles. The van der Waals surface area contributed by atoms with E-state index in [2.05, 4.69) is 0 Å². The maximum Gasteiger partial charge on any atom is 0.246 e. The van der Waals surface area contributed by atoms with E-state index >= 15 is 0 Å². The smallest absolute Gasteiger partial charge is 0.246 e. The first-order valence-corrected chi connectivity index (χ1v) is 8.85. The molecular formula is C14H20ClNO4S. The van der Waals surface area contributed by atoms with Crippen molar-refractivity contribution in [2.75, 3.05) is 26.8 Å². The van der Waals surface area contributed by atoms with Gasteiger partial charge in [-0.2, -0.15) is 4.31 Å². The first-order valence-electron chi connectivity index (χ1n) is 6.87. The van der Waals surface area contributed by atoms with Gasteiger partial charge in [-0.05, 0) is 24.1 Å². The molecule has 1 aromatic carbocycles. The van der Waals surface area contributed by atoms with Gasteiger partial charge in [0.05, 0.1) is 19.8 Å². The van der Waals surface area contributed by atoms with Crippen LogP contribution in [-0.2, 0) is 20.6 Å². The Kier molecular flexibility index (Phi) is 5.48. The summed E-state index contributed by atoms with van der Waals surface area (Å²) >= 11 is 5.78. The summed E-state index contributed by atoms with van der Waals surface area (Å²) in [5.41, 5.74) is 0.820. The van der Waals surface area contributed by atoms with Crippen molar-refractivity contribution in [3.05, 3.63) is 23.8 Å². The fourth-order valence-electron chi connectivity index (χ4n) is 2.30. The lowest BCUT2D eigenvalue weighted by molar-refractivity contribution is -0.00281. The van der Waals surface area contributed by atoms with Crippen LogP contribution in [-0.4, -0.2) is 45.6 Å². The Bertz CT molecular complexity index is 591. The van der Waals surface area contributed by atoms with E-state index < -0.39 is 10.0 Å². The van der Waals surface area contributed by atoms with Gasteiger partial charge in [0.15, 0.2) is 0 Å². The number of nitrogens with zero attached hydrogens (tertiary/aromatic N) is 1. The van der Waals surface area contributed by atoms with Crippen molar-refractivity contribution in [2.24, 2.45) is 0 Å². The normalized spacial score (nSPS) is 20.4. The number of hydrogen-bond donors (Lipinski definition) is 0. The number of methoxy groups -OCH3 is 1. The largest absolute Gasteiger partial charge is 0.495 e. The van der Waals surface area contributed by atoms with Gasteiger partial charge < -0.3 is 9.47 Å². The van der Waals surface area contributed by atoms with Crippen LogP contribution in [0.3, 0.4) is 0 Å². The third kappa shape index (κ3) is 3.51. The fourth-order valence-corrected chi connectivity index (χ4v) is 4.06. The van der Waals surface area contributed by atoms with Gasteiger partial charge in [-0.25, -0.2) is 8.42 Å². The van der Waals surface area contributed by atoms with Crippen molar-refractivity contribution in [1.29, 1.82) is 0 Å². The molecule has 1 aromatic rings. The maximum atomic E-state index is 12.8. The van der Waals surface area contributed by atoms with E-state index in [1.807, 2.05) is 6.92 Å². The predicted molar refractivity (Wildman–Crippen MR) is 81.3 cm³/mol. The molecule has 118 valence electrons. The molecule has 1 fully saturated rings. The molecule has 0 aromatic heterocycles. The molecule has 1 aliphatic rings. The molecule has 1 saturated heterocycles. The first-order chi connectivity index (χ1) is 10.0. The molecule has 1 atom stereocenters. The lowest BCUT2D eigenvalue weighted by Crippen LogP contribution is -2.45. The Morgan fingerprint density at radius 1 is 1.48 bits per heavy atom. The number of rotatable bonds is 5. The van der Waals surface area contributed by atoms with E-state index in [4.69, 9.17) is 21.1 Å². The molecule has 21 heavy (non-hydrogen) atoms. The van der Waals surface area contributed by atoms with Gasteiger partial charge in [0.1, 0.15) is 10.6 Å². The van der Waals surface area contributed by atoms with E-state index in [1.54, 1.807) is 18.2 Å². The Labute approximate surface area is 130 Å². The highest BCUT2D eigenvalue weighted by Crippen LogP contribution is 2.29. The molecular weight excluding hydrogens is 314 g/mol. The number of benzene rings is 1. The monoisotopic (exact) mass is 333 g/mol. The number of morpholine rings is 1. The third-order valence-electron chi connectivity index (χ3n) is 3.56. The minimum Gasteiger partial charge on any atom is -0.495 e. The molecule has 0 amide bonds. The highest BCUT2D eigenvalue weighted by atomic mass is 35.5. The van der Waals surface area contributed by atoms with Gasteiger partial charge in [0, 0.05) is 19.0 Å². The SMILES string of the molecule is CCC1CN(S(=O)(=O)c2ccc(CCl)cc2OC)CCO1. The van der Waals surface area contributed by atoms with E-state index in [0.717, 1.165) is 12.0 Å².